The third-order valence-electron chi connectivity index (χ3n) is 5.34. The molecule has 1 atom stereocenters. The van der Waals surface area contributed by atoms with Gasteiger partial charge < -0.3 is 9.47 Å². The van der Waals surface area contributed by atoms with E-state index in [2.05, 4.69) is 76.0 Å². The number of imidazole rings is 1. The highest BCUT2D eigenvalue weighted by molar-refractivity contribution is 5.75. The molecule has 4 rings (SSSR count). The SMILES string of the molecule is CC(CN1CCC(c2ccccc2)CC1)n1cnc2ccccc21. The largest absolute Gasteiger partial charge is 0.326 e. The molecule has 0 aliphatic carbocycles. The van der Waals surface area contributed by atoms with E-state index in [4.69, 9.17) is 0 Å². The van der Waals surface area contributed by atoms with Gasteiger partial charge in [0.1, 0.15) is 0 Å². The highest BCUT2D eigenvalue weighted by Crippen LogP contribution is 2.28. The molecule has 1 aliphatic heterocycles. The lowest BCUT2D eigenvalue weighted by molar-refractivity contribution is 0.189. The molecule has 3 nitrogen and oxygen atoms in total. The lowest BCUT2D eigenvalue weighted by Gasteiger charge is -2.34. The third-order valence-corrected chi connectivity index (χ3v) is 5.34. The second kappa shape index (κ2) is 6.78. The lowest BCUT2D eigenvalue weighted by atomic mass is 9.89. The van der Waals surface area contributed by atoms with Crippen molar-refractivity contribution in [3.05, 3.63) is 66.5 Å². The second-order valence-corrected chi connectivity index (χ2v) is 6.98. The summed E-state index contributed by atoms with van der Waals surface area (Å²) in [6.07, 6.45) is 4.52. The molecule has 124 valence electrons. The first kappa shape index (κ1) is 15.4. The number of benzene rings is 2. The molecule has 3 heteroatoms. The molecule has 0 N–H and O–H groups in total. The molecule has 1 aromatic heterocycles. The number of aromatic nitrogens is 2. The highest BCUT2D eigenvalue weighted by atomic mass is 15.2. The van der Waals surface area contributed by atoms with Gasteiger partial charge in [-0.25, -0.2) is 4.98 Å². The van der Waals surface area contributed by atoms with Crippen molar-refractivity contribution in [3.63, 3.8) is 0 Å². The monoisotopic (exact) mass is 319 g/mol. The quantitative estimate of drug-likeness (QED) is 0.707. The topological polar surface area (TPSA) is 21.1 Å². The number of hydrogen-bond donors (Lipinski definition) is 0. The maximum atomic E-state index is 4.53. The van der Waals surface area contributed by atoms with Gasteiger partial charge in [-0.3, -0.25) is 0 Å². The van der Waals surface area contributed by atoms with Gasteiger partial charge in [0.2, 0.25) is 0 Å². The number of nitrogens with zero attached hydrogens (tertiary/aromatic N) is 3. The molecular formula is C21H25N3. The predicted octanol–water partition coefficient (Wildman–Crippen LogP) is 4.48. The van der Waals surface area contributed by atoms with Crippen LogP contribution in [0.3, 0.4) is 0 Å². The Kier molecular flexibility index (Phi) is 4.35. The van der Waals surface area contributed by atoms with Gasteiger partial charge in [0.05, 0.1) is 17.4 Å². The van der Waals surface area contributed by atoms with Crippen LogP contribution in [0.2, 0.25) is 0 Å². The first-order valence-corrected chi connectivity index (χ1v) is 9.00. The maximum absolute atomic E-state index is 4.53. The van der Waals surface area contributed by atoms with Crippen molar-refractivity contribution in [2.75, 3.05) is 19.6 Å². The van der Waals surface area contributed by atoms with Crippen LogP contribution in [-0.4, -0.2) is 34.1 Å². The number of piperidine rings is 1. The van der Waals surface area contributed by atoms with E-state index in [9.17, 15) is 0 Å². The summed E-state index contributed by atoms with van der Waals surface area (Å²) in [5.74, 6) is 0.729. The molecule has 1 fully saturated rings. The molecule has 0 spiro atoms. The second-order valence-electron chi connectivity index (χ2n) is 6.98. The van der Waals surface area contributed by atoms with Gasteiger partial charge in [-0.2, -0.15) is 0 Å². The molecular weight excluding hydrogens is 294 g/mol. The Bertz CT molecular complexity index is 785. The molecule has 0 bridgehead atoms. The van der Waals surface area contributed by atoms with E-state index < -0.39 is 0 Å². The van der Waals surface area contributed by atoms with Crippen molar-refractivity contribution in [3.8, 4) is 0 Å². The summed E-state index contributed by atoms with van der Waals surface area (Å²) < 4.78 is 2.32. The Labute approximate surface area is 143 Å². The van der Waals surface area contributed by atoms with Gasteiger partial charge in [0.15, 0.2) is 0 Å². The molecule has 0 radical (unpaired) electrons. The first-order valence-electron chi connectivity index (χ1n) is 9.00. The summed E-state index contributed by atoms with van der Waals surface area (Å²) in [6, 6.07) is 19.8. The summed E-state index contributed by atoms with van der Waals surface area (Å²) in [5, 5.41) is 0. The van der Waals surface area contributed by atoms with Crippen LogP contribution in [0.1, 0.15) is 37.3 Å². The van der Waals surface area contributed by atoms with E-state index in [-0.39, 0.29) is 0 Å². The Morgan fingerprint density at radius 3 is 2.50 bits per heavy atom. The number of likely N-dealkylation sites (tertiary alicyclic amines) is 1. The van der Waals surface area contributed by atoms with E-state index in [0.717, 1.165) is 18.0 Å². The molecule has 24 heavy (non-hydrogen) atoms. The standard InChI is InChI=1S/C21H25N3/c1-17(24-16-22-20-9-5-6-10-21(20)24)15-23-13-11-19(12-14-23)18-7-3-2-4-8-18/h2-10,16-17,19H,11-15H2,1H3. The third kappa shape index (κ3) is 3.09. The number of fused-ring (bicyclic) bond motifs is 1. The molecule has 2 heterocycles. The Morgan fingerprint density at radius 1 is 1.00 bits per heavy atom. The molecule has 1 saturated heterocycles. The lowest BCUT2D eigenvalue weighted by Crippen LogP contribution is -2.36. The van der Waals surface area contributed by atoms with E-state index in [1.807, 2.05) is 6.33 Å². The Balaban J connectivity index is 1.38. The van der Waals surface area contributed by atoms with Crippen molar-refractivity contribution >= 4 is 11.0 Å². The average molecular weight is 319 g/mol. The minimum absolute atomic E-state index is 0.450. The van der Waals surface area contributed by atoms with Crippen LogP contribution in [0.4, 0.5) is 0 Å². The predicted molar refractivity (Wildman–Crippen MR) is 99.3 cm³/mol. The van der Waals surface area contributed by atoms with Crippen molar-refractivity contribution in [1.29, 1.82) is 0 Å². The van der Waals surface area contributed by atoms with Gasteiger partial charge in [0.25, 0.3) is 0 Å². The smallest absolute Gasteiger partial charge is 0.0961 e. The number of rotatable bonds is 4. The fourth-order valence-corrected chi connectivity index (χ4v) is 3.97. The molecule has 1 aliphatic rings. The maximum Gasteiger partial charge on any atom is 0.0961 e. The summed E-state index contributed by atoms with van der Waals surface area (Å²) in [5.41, 5.74) is 3.84. The van der Waals surface area contributed by atoms with Crippen LogP contribution in [0, 0.1) is 0 Å². The van der Waals surface area contributed by atoms with Gasteiger partial charge in [-0.15, -0.1) is 0 Å². The van der Waals surface area contributed by atoms with Crippen molar-refractivity contribution in [2.24, 2.45) is 0 Å². The van der Waals surface area contributed by atoms with Gasteiger partial charge in [-0.1, -0.05) is 42.5 Å². The van der Waals surface area contributed by atoms with Crippen molar-refractivity contribution in [1.82, 2.24) is 14.5 Å². The minimum atomic E-state index is 0.450. The average Bonchev–Trinajstić information content (AvgIpc) is 3.07. The van der Waals surface area contributed by atoms with Gasteiger partial charge in [-0.05, 0) is 56.5 Å². The highest BCUT2D eigenvalue weighted by Gasteiger charge is 2.22. The summed E-state index contributed by atoms with van der Waals surface area (Å²) >= 11 is 0. The van der Waals surface area contributed by atoms with E-state index in [1.165, 1.54) is 37.0 Å². The number of para-hydroxylation sites is 2. The Hall–Kier alpha value is -2.13. The van der Waals surface area contributed by atoms with E-state index in [1.54, 1.807) is 0 Å². The van der Waals surface area contributed by atoms with Crippen LogP contribution in [0.25, 0.3) is 11.0 Å². The fraction of sp³-hybridized carbons (Fsp3) is 0.381. The van der Waals surface area contributed by atoms with Gasteiger partial charge >= 0.3 is 0 Å². The zero-order valence-electron chi connectivity index (χ0n) is 14.3. The summed E-state index contributed by atoms with van der Waals surface area (Å²) in [6.45, 7) is 5.78. The zero-order chi connectivity index (χ0) is 16.4. The van der Waals surface area contributed by atoms with Crippen LogP contribution in [0.15, 0.2) is 60.9 Å². The molecule has 1 unspecified atom stereocenters. The van der Waals surface area contributed by atoms with Gasteiger partial charge in [0, 0.05) is 12.6 Å². The van der Waals surface area contributed by atoms with E-state index in [0.29, 0.717) is 6.04 Å². The van der Waals surface area contributed by atoms with Crippen LogP contribution < -0.4 is 0 Å². The summed E-state index contributed by atoms with van der Waals surface area (Å²) in [4.78, 5) is 7.14. The van der Waals surface area contributed by atoms with Crippen molar-refractivity contribution in [2.45, 2.75) is 31.7 Å². The molecule has 3 aromatic rings. The molecule has 2 aromatic carbocycles. The minimum Gasteiger partial charge on any atom is -0.326 e. The van der Waals surface area contributed by atoms with Crippen molar-refractivity contribution < 1.29 is 0 Å². The normalized spacial score (nSPS) is 18.0. The van der Waals surface area contributed by atoms with E-state index >= 15 is 0 Å². The zero-order valence-corrected chi connectivity index (χ0v) is 14.3. The van der Waals surface area contributed by atoms with Crippen LogP contribution in [0.5, 0.6) is 0 Å². The Morgan fingerprint density at radius 2 is 1.71 bits per heavy atom. The molecule has 0 saturated carbocycles. The fourth-order valence-electron chi connectivity index (χ4n) is 3.97. The number of hydrogen-bond acceptors (Lipinski definition) is 2. The summed E-state index contributed by atoms with van der Waals surface area (Å²) in [7, 11) is 0. The van der Waals surface area contributed by atoms with Crippen LogP contribution in [-0.2, 0) is 0 Å². The molecule has 0 amide bonds. The van der Waals surface area contributed by atoms with Crippen LogP contribution >= 0.6 is 0 Å². The first-order chi connectivity index (χ1) is 11.8.